The van der Waals surface area contributed by atoms with Crippen molar-refractivity contribution in [2.24, 2.45) is 0 Å². The van der Waals surface area contributed by atoms with Crippen molar-refractivity contribution in [3.05, 3.63) is 30.2 Å². The van der Waals surface area contributed by atoms with Crippen LogP contribution >= 0.6 is 0 Å². The fourth-order valence-electron chi connectivity index (χ4n) is 2.68. The highest BCUT2D eigenvalue weighted by Gasteiger charge is 2.37. The fourth-order valence-corrected chi connectivity index (χ4v) is 2.68. The van der Waals surface area contributed by atoms with Crippen molar-refractivity contribution < 1.29 is 19.4 Å². The zero-order valence-corrected chi connectivity index (χ0v) is 14.1. The maximum absolute atomic E-state index is 12.4. The molecule has 132 valence electrons. The van der Waals surface area contributed by atoms with Gasteiger partial charge in [-0.2, -0.15) is 5.10 Å². The van der Waals surface area contributed by atoms with Crippen LogP contribution in [0, 0.1) is 0 Å². The van der Waals surface area contributed by atoms with Gasteiger partial charge in [-0.1, -0.05) is 0 Å². The molecule has 9 heteroatoms. The number of carbonyl (C=O) groups is 2. The molecular formula is C16H19N5O4. The monoisotopic (exact) mass is 345 g/mol. The van der Waals surface area contributed by atoms with Crippen molar-refractivity contribution in [2.45, 2.75) is 32.4 Å². The SMILES string of the molecule is CC(C)(C)OC(=O)N1CC(c2ccc3c(N)ncnn23)=C[C@H]1C(=O)O. The predicted molar refractivity (Wildman–Crippen MR) is 89.7 cm³/mol. The fraction of sp³-hybridized carbons (Fsp3) is 0.375. The Kier molecular flexibility index (Phi) is 3.86. The van der Waals surface area contributed by atoms with Gasteiger partial charge in [-0.25, -0.2) is 19.1 Å². The van der Waals surface area contributed by atoms with Crippen molar-refractivity contribution in [3.63, 3.8) is 0 Å². The predicted octanol–water partition coefficient (Wildman–Crippen LogP) is 1.40. The molecule has 9 nitrogen and oxygen atoms in total. The Morgan fingerprint density at radius 1 is 1.36 bits per heavy atom. The number of amides is 1. The number of anilines is 1. The van der Waals surface area contributed by atoms with Crippen LogP contribution in [0.1, 0.15) is 26.5 Å². The molecular weight excluding hydrogens is 326 g/mol. The molecule has 0 fully saturated rings. The summed E-state index contributed by atoms with van der Waals surface area (Å²) in [6.45, 7) is 5.28. The lowest BCUT2D eigenvalue weighted by atomic mass is 10.2. The van der Waals surface area contributed by atoms with Gasteiger partial charge < -0.3 is 15.6 Å². The molecule has 3 heterocycles. The molecule has 1 aliphatic heterocycles. The second-order valence-electron chi connectivity index (χ2n) is 6.74. The summed E-state index contributed by atoms with van der Waals surface area (Å²) in [7, 11) is 0. The van der Waals surface area contributed by atoms with Crippen molar-refractivity contribution in [1.29, 1.82) is 0 Å². The van der Waals surface area contributed by atoms with E-state index in [1.807, 2.05) is 0 Å². The van der Waals surface area contributed by atoms with E-state index in [1.54, 1.807) is 37.4 Å². The third kappa shape index (κ3) is 3.12. The summed E-state index contributed by atoms with van der Waals surface area (Å²) in [5, 5.41) is 13.6. The number of rotatable bonds is 2. The number of nitrogen functional groups attached to an aromatic ring is 1. The second kappa shape index (κ2) is 5.76. The van der Waals surface area contributed by atoms with Gasteiger partial charge in [0, 0.05) is 0 Å². The average molecular weight is 345 g/mol. The maximum Gasteiger partial charge on any atom is 0.411 e. The van der Waals surface area contributed by atoms with Crippen molar-refractivity contribution in [3.8, 4) is 0 Å². The van der Waals surface area contributed by atoms with Crippen LogP contribution in [0.25, 0.3) is 11.1 Å². The topological polar surface area (TPSA) is 123 Å². The molecule has 3 rings (SSSR count). The molecule has 1 atom stereocenters. The number of aromatic nitrogens is 3. The standard InChI is InChI=1S/C16H19N5O4/c1-16(2,3)25-15(24)20-7-9(6-12(20)14(22)23)10-4-5-11-13(17)18-8-19-21(10)11/h4-6,8,12H,7H2,1-3H3,(H,22,23)(H2,17,18,19)/t12-/m0/s1. The number of hydrogen-bond donors (Lipinski definition) is 2. The first-order valence-corrected chi connectivity index (χ1v) is 7.69. The summed E-state index contributed by atoms with van der Waals surface area (Å²) >= 11 is 0. The summed E-state index contributed by atoms with van der Waals surface area (Å²) < 4.78 is 6.89. The average Bonchev–Trinajstić information content (AvgIpc) is 3.09. The highest BCUT2D eigenvalue weighted by atomic mass is 16.6. The summed E-state index contributed by atoms with van der Waals surface area (Å²) in [5.41, 5.74) is 7.02. The normalized spacial score (nSPS) is 17.6. The van der Waals surface area contributed by atoms with Crippen LogP contribution in [-0.4, -0.2) is 54.9 Å². The molecule has 0 unspecified atom stereocenters. The number of fused-ring (bicyclic) bond motifs is 1. The summed E-state index contributed by atoms with van der Waals surface area (Å²) in [4.78, 5) is 29.0. The molecule has 0 saturated carbocycles. The molecule has 1 amide bonds. The van der Waals surface area contributed by atoms with E-state index >= 15 is 0 Å². The van der Waals surface area contributed by atoms with Gasteiger partial charge in [0.1, 0.15) is 17.4 Å². The minimum Gasteiger partial charge on any atom is -0.479 e. The Morgan fingerprint density at radius 3 is 2.72 bits per heavy atom. The Balaban J connectivity index is 1.95. The van der Waals surface area contributed by atoms with Gasteiger partial charge >= 0.3 is 12.1 Å². The molecule has 3 N–H and O–H groups in total. The Labute approximate surface area is 143 Å². The Bertz CT molecular complexity index is 880. The molecule has 1 aliphatic rings. The van der Waals surface area contributed by atoms with E-state index < -0.39 is 23.7 Å². The summed E-state index contributed by atoms with van der Waals surface area (Å²) in [6.07, 6.45) is 2.16. The smallest absolute Gasteiger partial charge is 0.411 e. The number of carboxylic acids is 1. The maximum atomic E-state index is 12.4. The van der Waals surface area contributed by atoms with Gasteiger partial charge in [-0.15, -0.1) is 0 Å². The Morgan fingerprint density at radius 2 is 2.08 bits per heavy atom. The van der Waals surface area contributed by atoms with Gasteiger partial charge in [-0.3, -0.25) is 4.90 Å². The number of nitrogens with two attached hydrogens (primary N) is 1. The highest BCUT2D eigenvalue weighted by molar-refractivity contribution is 5.89. The number of aliphatic carboxylic acids is 1. The van der Waals surface area contributed by atoms with E-state index in [9.17, 15) is 14.7 Å². The van der Waals surface area contributed by atoms with Gasteiger partial charge in [-0.05, 0) is 44.6 Å². The van der Waals surface area contributed by atoms with Crippen LogP contribution in [0.4, 0.5) is 10.6 Å². The number of ether oxygens (including phenoxy) is 1. The largest absolute Gasteiger partial charge is 0.479 e. The minimum atomic E-state index is -1.13. The van der Waals surface area contributed by atoms with Crippen LogP contribution in [0.3, 0.4) is 0 Å². The molecule has 0 aromatic carbocycles. The second-order valence-corrected chi connectivity index (χ2v) is 6.74. The molecule has 0 saturated heterocycles. The molecule has 0 spiro atoms. The van der Waals surface area contributed by atoms with E-state index in [2.05, 4.69) is 10.1 Å². The van der Waals surface area contributed by atoms with Crippen LogP contribution in [0.15, 0.2) is 24.5 Å². The highest BCUT2D eigenvalue weighted by Crippen LogP contribution is 2.28. The molecule has 0 aliphatic carbocycles. The van der Waals surface area contributed by atoms with Gasteiger partial charge in [0.25, 0.3) is 0 Å². The third-order valence-electron chi connectivity index (χ3n) is 3.73. The van der Waals surface area contributed by atoms with Crippen molar-refractivity contribution in [1.82, 2.24) is 19.5 Å². The van der Waals surface area contributed by atoms with Gasteiger partial charge in [0.05, 0.1) is 12.2 Å². The van der Waals surface area contributed by atoms with Gasteiger partial charge in [0.2, 0.25) is 0 Å². The lowest BCUT2D eigenvalue weighted by Gasteiger charge is -2.27. The lowest BCUT2D eigenvalue weighted by Crippen LogP contribution is -2.43. The van der Waals surface area contributed by atoms with Crippen LogP contribution < -0.4 is 5.73 Å². The van der Waals surface area contributed by atoms with Crippen molar-refractivity contribution in [2.75, 3.05) is 12.3 Å². The molecule has 0 bridgehead atoms. The van der Waals surface area contributed by atoms with E-state index in [4.69, 9.17) is 10.5 Å². The number of carboxylic acid groups (broad SMARTS) is 1. The molecule has 25 heavy (non-hydrogen) atoms. The molecule has 0 radical (unpaired) electrons. The summed E-state index contributed by atoms with van der Waals surface area (Å²) in [6, 6.07) is 2.41. The van der Waals surface area contributed by atoms with Crippen LogP contribution in [0.5, 0.6) is 0 Å². The zero-order chi connectivity index (χ0) is 18.4. The summed E-state index contributed by atoms with van der Waals surface area (Å²) in [5.74, 6) is -0.811. The van der Waals surface area contributed by atoms with E-state index in [0.717, 1.165) is 0 Å². The first-order valence-electron chi connectivity index (χ1n) is 7.69. The van der Waals surface area contributed by atoms with Crippen LogP contribution in [-0.2, 0) is 9.53 Å². The first-order chi connectivity index (χ1) is 11.7. The first kappa shape index (κ1) is 16.7. The number of nitrogens with zero attached hydrogens (tertiary/aromatic N) is 4. The molecule has 2 aromatic heterocycles. The number of carbonyl (C=O) groups excluding carboxylic acids is 1. The Hall–Kier alpha value is -3.10. The van der Waals surface area contributed by atoms with Crippen molar-refractivity contribution >= 4 is 29.0 Å². The molecule has 2 aromatic rings. The van der Waals surface area contributed by atoms with Gasteiger partial charge in [0.15, 0.2) is 11.9 Å². The van der Waals surface area contributed by atoms with Crippen LogP contribution in [0.2, 0.25) is 0 Å². The van der Waals surface area contributed by atoms with E-state index in [0.29, 0.717) is 22.6 Å². The number of hydrogen-bond acceptors (Lipinski definition) is 6. The minimum absolute atomic E-state index is 0.0991. The van der Waals surface area contributed by atoms with E-state index in [1.165, 1.54) is 17.3 Å². The van der Waals surface area contributed by atoms with E-state index in [-0.39, 0.29) is 6.54 Å². The third-order valence-corrected chi connectivity index (χ3v) is 3.73. The lowest BCUT2D eigenvalue weighted by molar-refractivity contribution is -0.140. The zero-order valence-electron chi connectivity index (χ0n) is 14.1. The quantitative estimate of drug-likeness (QED) is 0.843.